The Morgan fingerprint density at radius 3 is 1.78 bits per heavy atom. The molecular weight excluding hydrogens is 316 g/mol. The summed E-state index contributed by atoms with van der Waals surface area (Å²) in [6, 6.07) is 0. The summed E-state index contributed by atoms with van der Waals surface area (Å²) in [7, 11) is -4.38. The van der Waals surface area contributed by atoms with Crippen LogP contribution in [0.1, 0.15) is 90.9 Å². The molecule has 0 aliphatic heterocycles. The largest absolute Gasteiger partial charge is 0.465 e. The van der Waals surface area contributed by atoms with Crippen molar-refractivity contribution in [1.29, 1.82) is 0 Å². The molecule has 5 nitrogen and oxygen atoms in total. The monoisotopic (exact) mass is 350 g/mol. The molecule has 0 aliphatic carbocycles. The molecule has 0 aliphatic rings. The van der Waals surface area contributed by atoms with Crippen molar-refractivity contribution in [3.05, 3.63) is 0 Å². The summed E-state index contributed by atoms with van der Waals surface area (Å²) in [6.07, 6.45) is 12.1. The van der Waals surface area contributed by atoms with E-state index in [-0.39, 0.29) is 13.0 Å². The maximum Gasteiger partial charge on any atom is 0.326 e. The Morgan fingerprint density at radius 1 is 0.870 bits per heavy atom. The maximum atomic E-state index is 11.7. The van der Waals surface area contributed by atoms with Gasteiger partial charge >= 0.3 is 5.97 Å². The summed E-state index contributed by atoms with van der Waals surface area (Å²) in [5, 5.41) is -1.43. The Hall–Kier alpha value is -0.620. The predicted molar refractivity (Wildman–Crippen MR) is 93.0 cm³/mol. The van der Waals surface area contributed by atoms with Gasteiger partial charge in [-0.25, -0.2) is 0 Å². The molecule has 0 saturated heterocycles. The van der Waals surface area contributed by atoms with Gasteiger partial charge in [0.2, 0.25) is 0 Å². The lowest BCUT2D eigenvalue weighted by atomic mass is 10.1. The van der Waals surface area contributed by atoms with Gasteiger partial charge in [-0.3, -0.25) is 9.35 Å². The molecule has 0 radical (unpaired) electrons. The highest BCUT2D eigenvalue weighted by molar-refractivity contribution is 7.87. The molecule has 0 bridgehead atoms. The van der Waals surface area contributed by atoms with Crippen molar-refractivity contribution in [3.8, 4) is 0 Å². The first-order valence-electron chi connectivity index (χ1n) is 9.06. The van der Waals surface area contributed by atoms with E-state index in [0.29, 0.717) is 12.8 Å². The van der Waals surface area contributed by atoms with Gasteiger partial charge in [-0.15, -0.1) is 0 Å². The van der Waals surface area contributed by atoms with Crippen LogP contribution in [0.3, 0.4) is 0 Å². The standard InChI is InChI=1S/C17H34O5S/c1-3-5-6-7-8-9-10-11-12-13-14-16(23(19,20)21)17(18)22-15-4-2/h16H,3-15H2,1-2H3,(H,19,20,21). The van der Waals surface area contributed by atoms with Gasteiger partial charge < -0.3 is 4.74 Å². The highest BCUT2D eigenvalue weighted by Gasteiger charge is 2.31. The van der Waals surface area contributed by atoms with Gasteiger partial charge in [0.15, 0.2) is 5.25 Å². The zero-order valence-electron chi connectivity index (χ0n) is 14.8. The van der Waals surface area contributed by atoms with Gasteiger partial charge in [0.25, 0.3) is 10.1 Å². The molecule has 138 valence electrons. The average Bonchev–Trinajstić information content (AvgIpc) is 2.49. The minimum atomic E-state index is -4.38. The van der Waals surface area contributed by atoms with Crippen LogP contribution in [0.15, 0.2) is 0 Å². The number of rotatable bonds is 15. The molecule has 23 heavy (non-hydrogen) atoms. The molecule has 1 unspecified atom stereocenters. The van der Waals surface area contributed by atoms with Gasteiger partial charge in [0.1, 0.15) is 0 Å². The highest BCUT2D eigenvalue weighted by atomic mass is 32.2. The van der Waals surface area contributed by atoms with Crippen LogP contribution < -0.4 is 0 Å². The number of ether oxygens (including phenoxy) is 1. The lowest BCUT2D eigenvalue weighted by Gasteiger charge is -2.12. The highest BCUT2D eigenvalue weighted by Crippen LogP contribution is 2.15. The van der Waals surface area contributed by atoms with E-state index < -0.39 is 21.3 Å². The lowest BCUT2D eigenvalue weighted by Crippen LogP contribution is -2.31. The minimum absolute atomic E-state index is 0.137. The summed E-state index contributed by atoms with van der Waals surface area (Å²) in [5.41, 5.74) is 0. The number of carbonyl (C=O) groups is 1. The van der Waals surface area contributed by atoms with Crippen molar-refractivity contribution in [2.24, 2.45) is 0 Å². The molecule has 0 amide bonds. The Morgan fingerprint density at radius 2 is 1.35 bits per heavy atom. The fraction of sp³-hybridized carbons (Fsp3) is 0.941. The van der Waals surface area contributed by atoms with E-state index >= 15 is 0 Å². The first-order valence-corrected chi connectivity index (χ1v) is 10.6. The summed E-state index contributed by atoms with van der Waals surface area (Å²) in [6.45, 7) is 4.22. The van der Waals surface area contributed by atoms with Gasteiger partial charge in [0.05, 0.1) is 6.61 Å². The molecule has 0 spiro atoms. The molecule has 1 atom stereocenters. The number of unbranched alkanes of at least 4 members (excludes halogenated alkanes) is 9. The summed E-state index contributed by atoms with van der Waals surface area (Å²) in [5.74, 6) is -0.828. The fourth-order valence-electron chi connectivity index (χ4n) is 2.50. The van der Waals surface area contributed by atoms with Crippen LogP contribution in [0.5, 0.6) is 0 Å². The van der Waals surface area contributed by atoms with Gasteiger partial charge in [-0.05, 0) is 12.8 Å². The Balaban J connectivity index is 3.82. The second-order valence-electron chi connectivity index (χ2n) is 6.14. The van der Waals surface area contributed by atoms with Crippen LogP contribution in [0.2, 0.25) is 0 Å². The van der Waals surface area contributed by atoms with Crippen LogP contribution in [-0.2, 0) is 19.6 Å². The quantitative estimate of drug-likeness (QED) is 0.267. The summed E-state index contributed by atoms with van der Waals surface area (Å²) >= 11 is 0. The van der Waals surface area contributed by atoms with Gasteiger partial charge in [0, 0.05) is 0 Å². The van der Waals surface area contributed by atoms with Crippen molar-refractivity contribution in [1.82, 2.24) is 0 Å². The zero-order valence-corrected chi connectivity index (χ0v) is 15.6. The van der Waals surface area contributed by atoms with E-state index in [2.05, 4.69) is 6.92 Å². The van der Waals surface area contributed by atoms with E-state index in [1.807, 2.05) is 6.92 Å². The van der Waals surface area contributed by atoms with Crippen molar-refractivity contribution >= 4 is 16.1 Å². The molecule has 0 saturated carbocycles. The molecule has 0 aromatic carbocycles. The van der Waals surface area contributed by atoms with Crippen molar-refractivity contribution in [2.45, 2.75) is 96.1 Å². The van der Waals surface area contributed by atoms with E-state index in [1.165, 1.54) is 38.5 Å². The van der Waals surface area contributed by atoms with Crippen molar-refractivity contribution in [3.63, 3.8) is 0 Å². The summed E-state index contributed by atoms with van der Waals surface area (Å²) < 4.78 is 36.6. The topological polar surface area (TPSA) is 80.7 Å². The normalized spacial score (nSPS) is 13.0. The number of hydrogen-bond acceptors (Lipinski definition) is 4. The van der Waals surface area contributed by atoms with Crippen LogP contribution in [-0.4, -0.2) is 30.8 Å². The van der Waals surface area contributed by atoms with E-state index in [9.17, 15) is 13.2 Å². The average molecular weight is 351 g/mol. The molecule has 0 fully saturated rings. The zero-order chi connectivity index (χ0) is 17.6. The summed E-state index contributed by atoms with van der Waals surface area (Å²) in [4.78, 5) is 11.7. The van der Waals surface area contributed by atoms with Gasteiger partial charge in [-0.1, -0.05) is 78.1 Å². The van der Waals surface area contributed by atoms with Crippen LogP contribution in [0.4, 0.5) is 0 Å². The fourth-order valence-corrected chi connectivity index (χ4v) is 3.28. The third kappa shape index (κ3) is 12.5. The number of carbonyl (C=O) groups excluding carboxylic acids is 1. The van der Waals surface area contributed by atoms with Crippen LogP contribution >= 0.6 is 0 Å². The van der Waals surface area contributed by atoms with E-state index in [1.54, 1.807) is 0 Å². The maximum absolute atomic E-state index is 11.7. The van der Waals surface area contributed by atoms with Crippen molar-refractivity contribution < 1.29 is 22.5 Å². The molecular formula is C17H34O5S. The van der Waals surface area contributed by atoms with E-state index in [0.717, 1.165) is 19.3 Å². The second kappa shape index (κ2) is 13.8. The molecule has 1 N–H and O–H groups in total. The van der Waals surface area contributed by atoms with Gasteiger partial charge in [-0.2, -0.15) is 8.42 Å². The molecule has 0 heterocycles. The molecule has 6 heteroatoms. The molecule has 0 aromatic heterocycles. The third-order valence-corrected chi connectivity index (χ3v) is 5.04. The third-order valence-electron chi connectivity index (χ3n) is 3.89. The predicted octanol–water partition coefficient (Wildman–Crippen LogP) is 4.51. The number of esters is 1. The number of hydrogen-bond donors (Lipinski definition) is 1. The SMILES string of the molecule is CCCCCCCCCCCCC(C(=O)OCCC)S(=O)(=O)O. The second-order valence-corrected chi connectivity index (χ2v) is 7.74. The molecule has 0 aromatic rings. The van der Waals surface area contributed by atoms with E-state index in [4.69, 9.17) is 9.29 Å². The Bertz CT molecular complexity index is 392. The van der Waals surface area contributed by atoms with Crippen LogP contribution in [0.25, 0.3) is 0 Å². The van der Waals surface area contributed by atoms with Crippen molar-refractivity contribution in [2.75, 3.05) is 6.61 Å². The first kappa shape index (κ1) is 22.4. The molecule has 0 rings (SSSR count). The Kier molecular flexibility index (Phi) is 13.4. The Labute approximate surface area is 141 Å². The lowest BCUT2D eigenvalue weighted by molar-refractivity contribution is -0.143. The first-order chi connectivity index (χ1) is 10.9. The minimum Gasteiger partial charge on any atom is -0.465 e. The van der Waals surface area contributed by atoms with Crippen LogP contribution in [0, 0.1) is 0 Å². The smallest absolute Gasteiger partial charge is 0.326 e.